The number of nitrogens with zero attached hydrogens (tertiary/aromatic N) is 1. The SMILES string of the molecule is N#C[C@@H](NNC(=O)Cc1ccccc1)c1c(O)ccc2ccccc12. The van der Waals surface area contributed by atoms with Gasteiger partial charge in [0.2, 0.25) is 5.91 Å². The fourth-order valence-electron chi connectivity index (χ4n) is 2.73. The number of nitrogens with one attached hydrogen (secondary N) is 2. The minimum Gasteiger partial charge on any atom is -0.508 e. The first-order valence-electron chi connectivity index (χ1n) is 7.87. The average molecular weight is 331 g/mol. The molecule has 0 saturated heterocycles. The highest BCUT2D eigenvalue weighted by atomic mass is 16.3. The summed E-state index contributed by atoms with van der Waals surface area (Å²) in [6.45, 7) is 0. The van der Waals surface area contributed by atoms with Crippen molar-refractivity contribution in [2.24, 2.45) is 0 Å². The van der Waals surface area contributed by atoms with E-state index in [1.54, 1.807) is 12.1 Å². The van der Waals surface area contributed by atoms with Crippen molar-refractivity contribution in [3.63, 3.8) is 0 Å². The van der Waals surface area contributed by atoms with Gasteiger partial charge in [-0.2, -0.15) is 5.26 Å². The first kappa shape index (κ1) is 16.5. The van der Waals surface area contributed by atoms with Crippen molar-refractivity contribution in [2.75, 3.05) is 0 Å². The second kappa shape index (κ2) is 7.47. The molecule has 0 saturated carbocycles. The summed E-state index contributed by atoms with van der Waals surface area (Å²) in [5, 5.41) is 21.4. The quantitative estimate of drug-likeness (QED) is 0.628. The molecule has 0 aromatic heterocycles. The highest BCUT2D eigenvalue weighted by Crippen LogP contribution is 2.31. The van der Waals surface area contributed by atoms with Crippen molar-refractivity contribution in [1.29, 1.82) is 5.26 Å². The van der Waals surface area contributed by atoms with Crippen LogP contribution >= 0.6 is 0 Å². The number of hydrazine groups is 1. The number of hydrogen-bond acceptors (Lipinski definition) is 4. The van der Waals surface area contributed by atoms with Gasteiger partial charge in [-0.25, -0.2) is 5.43 Å². The van der Waals surface area contributed by atoms with E-state index in [1.165, 1.54) is 0 Å². The zero-order valence-corrected chi connectivity index (χ0v) is 13.4. The van der Waals surface area contributed by atoms with Crippen molar-refractivity contribution in [3.05, 3.63) is 77.9 Å². The lowest BCUT2D eigenvalue weighted by atomic mass is 9.98. The van der Waals surface area contributed by atoms with E-state index in [-0.39, 0.29) is 18.1 Å². The van der Waals surface area contributed by atoms with Gasteiger partial charge < -0.3 is 5.11 Å². The molecule has 5 nitrogen and oxygen atoms in total. The third-order valence-corrected chi connectivity index (χ3v) is 3.93. The van der Waals surface area contributed by atoms with E-state index in [4.69, 9.17) is 0 Å². The van der Waals surface area contributed by atoms with Crippen LogP contribution in [0, 0.1) is 11.3 Å². The molecule has 0 aliphatic heterocycles. The van der Waals surface area contributed by atoms with Gasteiger partial charge in [0.05, 0.1) is 12.5 Å². The highest BCUT2D eigenvalue weighted by molar-refractivity contribution is 5.88. The van der Waals surface area contributed by atoms with Crippen LogP contribution < -0.4 is 10.9 Å². The number of aromatic hydroxyl groups is 1. The summed E-state index contributed by atoms with van der Waals surface area (Å²) < 4.78 is 0. The molecule has 1 amide bonds. The van der Waals surface area contributed by atoms with Crippen molar-refractivity contribution in [3.8, 4) is 11.8 Å². The van der Waals surface area contributed by atoms with E-state index in [2.05, 4.69) is 16.9 Å². The van der Waals surface area contributed by atoms with Crippen molar-refractivity contribution in [2.45, 2.75) is 12.5 Å². The van der Waals surface area contributed by atoms with Crippen molar-refractivity contribution >= 4 is 16.7 Å². The Labute approximate surface area is 145 Å². The van der Waals surface area contributed by atoms with Gasteiger partial charge in [0.15, 0.2) is 0 Å². The summed E-state index contributed by atoms with van der Waals surface area (Å²) in [5.41, 5.74) is 6.59. The predicted molar refractivity (Wildman–Crippen MR) is 95.4 cm³/mol. The molecular formula is C20H17N3O2. The number of nitriles is 1. The molecule has 1 atom stereocenters. The number of hydrogen-bond donors (Lipinski definition) is 3. The summed E-state index contributed by atoms with van der Waals surface area (Å²) in [5.74, 6) is -0.249. The Hall–Kier alpha value is -3.36. The van der Waals surface area contributed by atoms with Gasteiger partial charge in [-0.1, -0.05) is 60.7 Å². The molecule has 3 rings (SSSR count). The van der Waals surface area contributed by atoms with Crippen LogP contribution in [0.1, 0.15) is 17.2 Å². The molecule has 5 heteroatoms. The molecule has 0 spiro atoms. The smallest absolute Gasteiger partial charge is 0.238 e. The summed E-state index contributed by atoms with van der Waals surface area (Å²) >= 11 is 0. The lowest BCUT2D eigenvalue weighted by Gasteiger charge is -2.16. The number of amides is 1. The maximum absolute atomic E-state index is 12.1. The van der Waals surface area contributed by atoms with E-state index in [9.17, 15) is 15.2 Å². The Balaban J connectivity index is 1.77. The van der Waals surface area contributed by atoms with Crippen LogP contribution in [-0.4, -0.2) is 11.0 Å². The summed E-state index contributed by atoms with van der Waals surface area (Å²) in [6, 6.07) is 21.4. The van der Waals surface area contributed by atoms with E-state index < -0.39 is 6.04 Å². The molecule has 0 heterocycles. The number of benzene rings is 3. The Morgan fingerprint density at radius 2 is 1.76 bits per heavy atom. The van der Waals surface area contributed by atoms with Crippen LogP contribution in [0.3, 0.4) is 0 Å². The number of carbonyl (C=O) groups is 1. The number of phenols is 1. The molecule has 0 aliphatic carbocycles. The molecule has 25 heavy (non-hydrogen) atoms. The zero-order valence-electron chi connectivity index (χ0n) is 13.4. The van der Waals surface area contributed by atoms with Gasteiger partial charge in [-0.3, -0.25) is 10.2 Å². The van der Waals surface area contributed by atoms with Gasteiger partial charge in [0.25, 0.3) is 0 Å². The fraction of sp³-hybridized carbons (Fsp3) is 0.100. The maximum atomic E-state index is 12.1. The summed E-state index contributed by atoms with van der Waals surface area (Å²) in [7, 11) is 0. The monoisotopic (exact) mass is 331 g/mol. The maximum Gasteiger partial charge on any atom is 0.238 e. The molecule has 0 aliphatic rings. The molecule has 0 fully saturated rings. The molecule has 124 valence electrons. The topological polar surface area (TPSA) is 85.2 Å². The van der Waals surface area contributed by atoms with E-state index >= 15 is 0 Å². The fourth-order valence-corrected chi connectivity index (χ4v) is 2.73. The zero-order chi connectivity index (χ0) is 17.6. The molecule has 3 aromatic carbocycles. The van der Waals surface area contributed by atoms with Crippen LogP contribution in [0.2, 0.25) is 0 Å². The number of rotatable bonds is 5. The van der Waals surface area contributed by atoms with Crippen LogP contribution in [-0.2, 0) is 11.2 Å². The third kappa shape index (κ3) is 3.77. The van der Waals surface area contributed by atoms with E-state index in [1.807, 2.05) is 54.6 Å². The number of carbonyl (C=O) groups excluding carboxylic acids is 1. The average Bonchev–Trinajstić information content (AvgIpc) is 2.64. The first-order valence-corrected chi connectivity index (χ1v) is 7.87. The molecule has 0 unspecified atom stereocenters. The lowest BCUT2D eigenvalue weighted by Crippen LogP contribution is -2.40. The van der Waals surface area contributed by atoms with E-state index in [0.717, 1.165) is 16.3 Å². The second-order valence-corrected chi connectivity index (χ2v) is 5.64. The van der Waals surface area contributed by atoms with E-state index in [0.29, 0.717) is 5.56 Å². The van der Waals surface area contributed by atoms with Crippen LogP contribution in [0.5, 0.6) is 5.75 Å². The highest BCUT2D eigenvalue weighted by Gasteiger charge is 2.18. The standard InChI is InChI=1S/C20H17N3O2/c21-13-17(22-23-19(25)12-14-6-2-1-3-7-14)20-16-9-5-4-8-15(16)10-11-18(20)24/h1-11,17,22,24H,12H2,(H,23,25)/t17-/m1/s1. The van der Waals surface area contributed by atoms with Gasteiger partial charge in [-0.05, 0) is 22.4 Å². The Morgan fingerprint density at radius 1 is 1.04 bits per heavy atom. The van der Waals surface area contributed by atoms with Gasteiger partial charge >= 0.3 is 0 Å². The van der Waals surface area contributed by atoms with Gasteiger partial charge in [0, 0.05) is 5.56 Å². The summed E-state index contributed by atoms with van der Waals surface area (Å²) in [6.07, 6.45) is 0.202. The van der Waals surface area contributed by atoms with Gasteiger partial charge in [-0.15, -0.1) is 0 Å². The Morgan fingerprint density at radius 3 is 2.52 bits per heavy atom. The molecular weight excluding hydrogens is 314 g/mol. The van der Waals surface area contributed by atoms with Crippen LogP contribution in [0.15, 0.2) is 66.7 Å². The largest absolute Gasteiger partial charge is 0.508 e. The number of fused-ring (bicyclic) bond motifs is 1. The Bertz CT molecular complexity index is 933. The first-order chi connectivity index (χ1) is 12.2. The van der Waals surface area contributed by atoms with Crippen molar-refractivity contribution in [1.82, 2.24) is 10.9 Å². The third-order valence-electron chi connectivity index (χ3n) is 3.93. The van der Waals surface area contributed by atoms with Gasteiger partial charge in [0.1, 0.15) is 11.8 Å². The second-order valence-electron chi connectivity index (χ2n) is 5.64. The normalized spacial score (nSPS) is 11.6. The minimum absolute atomic E-state index is 0.00931. The minimum atomic E-state index is -0.870. The van der Waals surface area contributed by atoms with Crippen LogP contribution in [0.25, 0.3) is 10.8 Å². The van der Waals surface area contributed by atoms with Crippen LogP contribution in [0.4, 0.5) is 0 Å². The molecule has 3 aromatic rings. The summed E-state index contributed by atoms with van der Waals surface area (Å²) in [4.78, 5) is 12.1. The lowest BCUT2D eigenvalue weighted by molar-refractivity contribution is -0.121. The molecule has 3 N–H and O–H groups in total. The molecule has 0 radical (unpaired) electrons. The Kier molecular flexibility index (Phi) is 4.93. The molecule has 0 bridgehead atoms. The number of phenolic OH excluding ortho intramolecular Hbond substituents is 1. The predicted octanol–water partition coefficient (Wildman–Crippen LogP) is 2.97. The van der Waals surface area contributed by atoms with Crippen molar-refractivity contribution < 1.29 is 9.90 Å².